The molecular weight excluding hydrogens is 353 g/mol. The molecule has 1 heterocycles. The first-order valence-corrected chi connectivity index (χ1v) is 8.77. The maximum Gasteiger partial charge on any atom is 0.135 e. The van der Waals surface area contributed by atoms with Crippen LogP contribution < -0.4 is 5.32 Å². The van der Waals surface area contributed by atoms with E-state index in [-0.39, 0.29) is 12.4 Å². The maximum atomic E-state index is 6.24. The SMILES string of the molecule is CCCC(NCc1ccc(-c2ccccc2Cl)o1)c1ccccc1.Cl. The summed E-state index contributed by atoms with van der Waals surface area (Å²) in [4.78, 5) is 0. The molecule has 132 valence electrons. The smallest absolute Gasteiger partial charge is 0.135 e. The van der Waals surface area contributed by atoms with E-state index in [9.17, 15) is 0 Å². The van der Waals surface area contributed by atoms with Crippen LogP contribution in [0.5, 0.6) is 0 Å². The Hall–Kier alpha value is -1.74. The molecule has 0 aliphatic carbocycles. The number of halogens is 2. The lowest BCUT2D eigenvalue weighted by molar-refractivity contribution is 0.439. The molecule has 0 aliphatic rings. The van der Waals surface area contributed by atoms with E-state index in [0.29, 0.717) is 17.6 Å². The molecule has 3 aromatic rings. The molecule has 4 heteroatoms. The van der Waals surface area contributed by atoms with Gasteiger partial charge in [-0.3, -0.25) is 0 Å². The number of nitrogens with one attached hydrogen (secondary N) is 1. The van der Waals surface area contributed by atoms with Gasteiger partial charge in [0, 0.05) is 11.6 Å². The van der Waals surface area contributed by atoms with Gasteiger partial charge in [0.25, 0.3) is 0 Å². The zero-order chi connectivity index (χ0) is 16.8. The highest BCUT2D eigenvalue weighted by atomic mass is 35.5. The fraction of sp³-hybridized carbons (Fsp3) is 0.238. The first-order chi connectivity index (χ1) is 11.8. The molecule has 0 fully saturated rings. The van der Waals surface area contributed by atoms with Gasteiger partial charge < -0.3 is 9.73 Å². The van der Waals surface area contributed by atoms with E-state index in [2.05, 4.69) is 42.6 Å². The van der Waals surface area contributed by atoms with Crippen LogP contribution in [0.15, 0.2) is 71.1 Å². The summed E-state index contributed by atoms with van der Waals surface area (Å²) < 4.78 is 5.97. The van der Waals surface area contributed by atoms with E-state index in [1.165, 1.54) is 5.56 Å². The number of furan rings is 1. The normalized spacial score (nSPS) is 11.8. The average molecular weight is 376 g/mol. The van der Waals surface area contributed by atoms with Crippen LogP contribution in [0.1, 0.15) is 37.1 Å². The van der Waals surface area contributed by atoms with Gasteiger partial charge in [-0.2, -0.15) is 0 Å². The Morgan fingerprint density at radius 1 is 0.960 bits per heavy atom. The first-order valence-electron chi connectivity index (χ1n) is 8.40. The highest BCUT2D eigenvalue weighted by Gasteiger charge is 2.12. The quantitative estimate of drug-likeness (QED) is 0.499. The molecule has 0 bridgehead atoms. The summed E-state index contributed by atoms with van der Waals surface area (Å²) >= 11 is 6.24. The van der Waals surface area contributed by atoms with Gasteiger partial charge in [-0.15, -0.1) is 12.4 Å². The lowest BCUT2D eigenvalue weighted by Gasteiger charge is -2.17. The minimum atomic E-state index is 0. The molecule has 0 aliphatic heterocycles. The molecule has 0 saturated heterocycles. The molecule has 0 radical (unpaired) electrons. The molecule has 1 aromatic heterocycles. The summed E-state index contributed by atoms with van der Waals surface area (Å²) in [6.07, 6.45) is 2.23. The van der Waals surface area contributed by atoms with Gasteiger partial charge in [0.05, 0.1) is 11.6 Å². The van der Waals surface area contributed by atoms with Crippen LogP contribution in [0.25, 0.3) is 11.3 Å². The fourth-order valence-electron chi connectivity index (χ4n) is 2.86. The molecule has 1 N–H and O–H groups in total. The number of hydrogen-bond donors (Lipinski definition) is 1. The molecule has 0 amide bonds. The van der Waals surface area contributed by atoms with Crippen molar-refractivity contribution < 1.29 is 4.42 Å². The summed E-state index contributed by atoms with van der Waals surface area (Å²) in [7, 11) is 0. The van der Waals surface area contributed by atoms with Crippen molar-refractivity contribution >= 4 is 24.0 Å². The third-order valence-corrected chi connectivity index (χ3v) is 4.43. The second kappa shape index (κ2) is 9.67. The second-order valence-electron chi connectivity index (χ2n) is 5.88. The van der Waals surface area contributed by atoms with E-state index in [4.69, 9.17) is 16.0 Å². The zero-order valence-corrected chi connectivity index (χ0v) is 15.8. The monoisotopic (exact) mass is 375 g/mol. The third kappa shape index (κ3) is 5.12. The van der Waals surface area contributed by atoms with Gasteiger partial charge in [0.1, 0.15) is 11.5 Å². The molecule has 0 saturated carbocycles. The average Bonchev–Trinajstić information content (AvgIpc) is 3.08. The van der Waals surface area contributed by atoms with Crippen molar-refractivity contribution in [1.82, 2.24) is 5.32 Å². The Bertz CT molecular complexity index is 770. The molecule has 0 spiro atoms. The van der Waals surface area contributed by atoms with Crippen molar-refractivity contribution in [3.05, 3.63) is 83.1 Å². The number of rotatable bonds is 7. The summed E-state index contributed by atoms with van der Waals surface area (Å²) in [5, 5.41) is 4.31. The molecule has 1 unspecified atom stereocenters. The van der Waals surface area contributed by atoms with E-state index in [0.717, 1.165) is 29.9 Å². The van der Waals surface area contributed by atoms with Crippen LogP contribution in [-0.2, 0) is 6.54 Å². The number of hydrogen-bond acceptors (Lipinski definition) is 2. The summed E-state index contributed by atoms with van der Waals surface area (Å²) in [6.45, 7) is 2.91. The highest BCUT2D eigenvalue weighted by molar-refractivity contribution is 6.33. The van der Waals surface area contributed by atoms with Gasteiger partial charge in [-0.1, -0.05) is 67.4 Å². The Labute approximate surface area is 160 Å². The van der Waals surface area contributed by atoms with Gasteiger partial charge in [0.2, 0.25) is 0 Å². The predicted molar refractivity (Wildman–Crippen MR) is 107 cm³/mol. The van der Waals surface area contributed by atoms with E-state index in [1.807, 2.05) is 36.4 Å². The van der Waals surface area contributed by atoms with Crippen LogP contribution >= 0.6 is 24.0 Å². The van der Waals surface area contributed by atoms with Crippen LogP contribution in [-0.4, -0.2) is 0 Å². The van der Waals surface area contributed by atoms with Crippen molar-refractivity contribution in [3.63, 3.8) is 0 Å². The maximum absolute atomic E-state index is 6.24. The van der Waals surface area contributed by atoms with Crippen LogP contribution in [0.4, 0.5) is 0 Å². The zero-order valence-electron chi connectivity index (χ0n) is 14.2. The van der Waals surface area contributed by atoms with Crippen molar-refractivity contribution in [2.75, 3.05) is 0 Å². The van der Waals surface area contributed by atoms with Crippen molar-refractivity contribution in [2.24, 2.45) is 0 Å². The lowest BCUT2D eigenvalue weighted by atomic mass is 10.0. The Morgan fingerprint density at radius 3 is 2.40 bits per heavy atom. The van der Waals surface area contributed by atoms with Crippen LogP contribution in [0.2, 0.25) is 5.02 Å². The summed E-state index contributed by atoms with van der Waals surface area (Å²) in [6, 6.07) is 22.6. The largest absolute Gasteiger partial charge is 0.460 e. The Kier molecular flexibility index (Phi) is 7.57. The second-order valence-corrected chi connectivity index (χ2v) is 6.29. The van der Waals surface area contributed by atoms with Crippen molar-refractivity contribution in [2.45, 2.75) is 32.4 Å². The summed E-state index contributed by atoms with van der Waals surface area (Å²) in [5.74, 6) is 1.73. The molecular formula is C21H23Cl2NO. The van der Waals surface area contributed by atoms with Gasteiger partial charge in [-0.05, 0) is 36.2 Å². The lowest BCUT2D eigenvalue weighted by Crippen LogP contribution is -2.20. The van der Waals surface area contributed by atoms with E-state index >= 15 is 0 Å². The Morgan fingerprint density at radius 2 is 1.68 bits per heavy atom. The molecule has 2 aromatic carbocycles. The number of benzene rings is 2. The van der Waals surface area contributed by atoms with Crippen molar-refractivity contribution in [1.29, 1.82) is 0 Å². The predicted octanol–water partition coefficient (Wildman–Crippen LogP) is 6.65. The minimum absolute atomic E-state index is 0. The van der Waals surface area contributed by atoms with Gasteiger partial charge in [0.15, 0.2) is 0 Å². The standard InChI is InChI=1S/C21H22ClNO.ClH/c1-2-8-20(16-9-4-3-5-10-16)23-15-17-13-14-21(24-17)18-11-6-7-12-19(18)22;/h3-7,9-14,20,23H,2,8,15H2,1H3;1H. The topological polar surface area (TPSA) is 25.2 Å². The van der Waals surface area contributed by atoms with E-state index < -0.39 is 0 Å². The molecule has 3 rings (SSSR count). The molecule has 25 heavy (non-hydrogen) atoms. The minimum Gasteiger partial charge on any atom is -0.460 e. The highest BCUT2D eigenvalue weighted by Crippen LogP contribution is 2.29. The van der Waals surface area contributed by atoms with Crippen LogP contribution in [0.3, 0.4) is 0 Å². The summed E-state index contributed by atoms with van der Waals surface area (Å²) in [5.41, 5.74) is 2.25. The van der Waals surface area contributed by atoms with Crippen LogP contribution in [0, 0.1) is 0 Å². The van der Waals surface area contributed by atoms with E-state index in [1.54, 1.807) is 0 Å². The molecule has 2 nitrogen and oxygen atoms in total. The van der Waals surface area contributed by atoms with Gasteiger partial charge >= 0.3 is 0 Å². The van der Waals surface area contributed by atoms with Gasteiger partial charge in [-0.25, -0.2) is 0 Å². The van der Waals surface area contributed by atoms with Crippen molar-refractivity contribution in [3.8, 4) is 11.3 Å². The molecule has 1 atom stereocenters. The fourth-order valence-corrected chi connectivity index (χ4v) is 3.09. The third-order valence-electron chi connectivity index (χ3n) is 4.10. The first kappa shape index (κ1) is 19.6. The Balaban J connectivity index is 0.00000225.